The maximum atomic E-state index is 13.5. The second kappa shape index (κ2) is 10.2. The van der Waals surface area contributed by atoms with Crippen molar-refractivity contribution in [2.24, 2.45) is 0 Å². The van der Waals surface area contributed by atoms with Crippen LogP contribution in [0.25, 0.3) is 0 Å². The minimum atomic E-state index is -0.468. The Kier molecular flexibility index (Phi) is 6.92. The van der Waals surface area contributed by atoms with Crippen LogP contribution in [0.5, 0.6) is 0 Å². The third-order valence-electron chi connectivity index (χ3n) is 6.25. The molecule has 0 radical (unpaired) electrons. The van der Waals surface area contributed by atoms with E-state index in [0.717, 1.165) is 42.7 Å². The number of fused-ring (bicyclic) bond motifs is 1. The molecule has 2 aromatic carbocycles. The molecule has 1 aromatic heterocycles. The van der Waals surface area contributed by atoms with E-state index in [2.05, 4.69) is 17.4 Å². The molecule has 3 aromatic rings. The van der Waals surface area contributed by atoms with Gasteiger partial charge in [0.2, 0.25) is 11.1 Å². The van der Waals surface area contributed by atoms with Crippen molar-refractivity contribution in [1.29, 1.82) is 0 Å². The zero-order valence-electron chi connectivity index (χ0n) is 19.0. The lowest BCUT2D eigenvalue weighted by atomic mass is 9.95. The molecule has 1 aliphatic heterocycles. The van der Waals surface area contributed by atoms with E-state index >= 15 is 0 Å². The molecule has 1 saturated carbocycles. The van der Waals surface area contributed by atoms with E-state index in [1.54, 1.807) is 16.4 Å². The second-order valence-corrected chi connectivity index (χ2v) is 10.1. The number of halogens is 1. The molecule has 0 amide bonds. The van der Waals surface area contributed by atoms with Crippen LogP contribution in [-0.4, -0.2) is 26.8 Å². The van der Waals surface area contributed by atoms with Gasteiger partial charge in [0.25, 0.3) is 0 Å². The van der Waals surface area contributed by atoms with Gasteiger partial charge in [0.15, 0.2) is 0 Å². The van der Waals surface area contributed by atoms with Crippen molar-refractivity contribution >= 4 is 35.3 Å². The van der Waals surface area contributed by atoms with Crippen LogP contribution in [0.3, 0.4) is 0 Å². The highest BCUT2D eigenvalue weighted by atomic mass is 35.5. The normalized spacial score (nSPS) is 18.4. The first kappa shape index (κ1) is 23.0. The van der Waals surface area contributed by atoms with Crippen LogP contribution in [0.15, 0.2) is 71.0 Å². The van der Waals surface area contributed by atoms with Gasteiger partial charge < -0.3 is 10.1 Å². The second-order valence-electron chi connectivity index (χ2n) is 8.72. The minimum Gasteiger partial charge on any atom is -0.459 e. The monoisotopic (exact) mass is 494 g/mol. The largest absolute Gasteiger partial charge is 0.459 e. The zero-order valence-corrected chi connectivity index (χ0v) is 20.6. The predicted molar refractivity (Wildman–Crippen MR) is 135 cm³/mol. The SMILES string of the molecule is CC1=C(C(=O)OC2CCCCC2)C(c2cccc(Cl)c2)n2nc(SCc3ccccc3)nc2N1. The number of aromatic nitrogens is 3. The van der Waals surface area contributed by atoms with Crippen molar-refractivity contribution in [2.45, 2.75) is 62.1 Å². The Morgan fingerprint density at radius 1 is 1.15 bits per heavy atom. The molecule has 2 heterocycles. The van der Waals surface area contributed by atoms with Crippen molar-refractivity contribution in [1.82, 2.24) is 14.8 Å². The summed E-state index contributed by atoms with van der Waals surface area (Å²) in [7, 11) is 0. The number of anilines is 1. The fourth-order valence-corrected chi connectivity index (χ4v) is 5.55. The van der Waals surface area contributed by atoms with E-state index in [4.69, 9.17) is 26.4 Å². The van der Waals surface area contributed by atoms with Gasteiger partial charge in [0, 0.05) is 16.5 Å². The highest BCUT2D eigenvalue weighted by molar-refractivity contribution is 7.98. The lowest BCUT2D eigenvalue weighted by Crippen LogP contribution is -2.32. The summed E-state index contributed by atoms with van der Waals surface area (Å²) in [4.78, 5) is 18.2. The van der Waals surface area contributed by atoms with Gasteiger partial charge in [-0.15, -0.1) is 5.10 Å². The fraction of sp³-hybridized carbons (Fsp3) is 0.346. The molecule has 176 valence electrons. The van der Waals surface area contributed by atoms with Gasteiger partial charge in [0.05, 0.1) is 5.57 Å². The van der Waals surface area contributed by atoms with E-state index in [-0.39, 0.29) is 12.1 Å². The summed E-state index contributed by atoms with van der Waals surface area (Å²) >= 11 is 7.90. The Morgan fingerprint density at radius 3 is 2.71 bits per heavy atom. The summed E-state index contributed by atoms with van der Waals surface area (Å²) in [6, 6.07) is 17.3. The average molecular weight is 495 g/mol. The summed E-state index contributed by atoms with van der Waals surface area (Å²) in [6.07, 6.45) is 5.21. The Hall–Kier alpha value is -2.77. The zero-order chi connectivity index (χ0) is 23.5. The standard InChI is InChI=1S/C26H27ClN4O2S/c1-17-22(24(32)33-21-13-6-3-7-14-21)23(19-11-8-12-20(27)15-19)31-25(28-17)29-26(30-31)34-16-18-9-4-2-5-10-18/h2,4-5,8-12,15,21,23H,3,6-7,13-14,16H2,1H3,(H,28,29,30). The van der Waals surface area contributed by atoms with Crippen LogP contribution in [0.1, 0.15) is 56.2 Å². The predicted octanol–water partition coefficient (Wildman–Crippen LogP) is 6.39. The van der Waals surface area contributed by atoms with E-state index in [1.807, 2.05) is 49.4 Å². The van der Waals surface area contributed by atoms with Gasteiger partial charge in [-0.05, 0) is 55.9 Å². The molecule has 2 aliphatic rings. The van der Waals surface area contributed by atoms with E-state index in [1.165, 1.54) is 12.0 Å². The molecule has 1 unspecified atom stereocenters. The Labute approximate surface area is 208 Å². The first-order valence-electron chi connectivity index (χ1n) is 11.7. The molecule has 1 fully saturated rings. The van der Waals surface area contributed by atoms with Crippen molar-refractivity contribution < 1.29 is 9.53 Å². The van der Waals surface area contributed by atoms with Gasteiger partial charge in [-0.1, -0.05) is 72.2 Å². The fourth-order valence-electron chi connectivity index (χ4n) is 4.56. The molecule has 0 bridgehead atoms. The topological polar surface area (TPSA) is 69.0 Å². The number of allylic oxidation sites excluding steroid dienone is 1. The lowest BCUT2D eigenvalue weighted by Gasteiger charge is -2.30. The van der Waals surface area contributed by atoms with Gasteiger partial charge >= 0.3 is 5.97 Å². The summed E-state index contributed by atoms with van der Waals surface area (Å²) in [5.41, 5.74) is 3.34. The van der Waals surface area contributed by atoms with Crippen molar-refractivity contribution in [2.75, 3.05) is 5.32 Å². The third kappa shape index (κ3) is 5.00. The highest BCUT2D eigenvalue weighted by Crippen LogP contribution is 2.38. The maximum Gasteiger partial charge on any atom is 0.338 e. The number of esters is 1. The Balaban J connectivity index is 1.46. The quantitative estimate of drug-likeness (QED) is 0.316. The number of hydrogen-bond acceptors (Lipinski definition) is 6. The van der Waals surface area contributed by atoms with Gasteiger partial charge in [0.1, 0.15) is 12.1 Å². The van der Waals surface area contributed by atoms with Gasteiger partial charge in [-0.25, -0.2) is 9.48 Å². The number of rotatable bonds is 6. The maximum absolute atomic E-state index is 13.5. The molecule has 5 rings (SSSR count). The number of benzene rings is 2. The number of ether oxygens (including phenoxy) is 1. The number of thioether (sulfide) groups is 1. The first-order chi connectivity index (χ1) is 16.6. The summed E-state index contributed by atoms with van der Waals surface area (Å²) in [5.74, 6) is 1.06. The Bertz CT molecular complexity index is 1200. The van der Waals surface area contributed by atoms with Gasteiger partial charge in [-0.2, -0.15) is 4.98 Å². The first-order valence-corrected chi connectivity index (χ1v) is 13.0. The molecule has 1 aliphatic carbocycles. The van der Waals surface area contributed by atoms with Crippen LogP contribution < -0.4 is 5.32 Å². The third-order valence-corrected chi connectivity index (χ3v) is 7.40. The van der Waals surface area contributed by atoms with Crippen molar-refractivity contribution in [3.05, 3.63) is 82.0 Å². The molecular weight excluding hydrogens is 468 g/mol. The summed E-state index contributed by atoms with van der Waals surface area (Å²) in [6.45, 7) is 1.89. The average Bonchev–Trinajstić information content (AvgIpc) is 3.25. The number of hydrogen-bond donors (Lipinski definition) is 1. The van der Waals surface area contributed by atoms with E-state index in [0.29, 0.717) is 21.7 Å². The number of carbonyl (C=O) groups is 1. The minimum absolute atomic E-state index is 0.0318. The van der Waals surface area contributed by atoms with E-state index < -0.39 is 6.04 Å². The molecule has 1 N–H and O–H groups in total. The lowest BCUT2D eigenvalue weighted by molar-refractivity contribution is -0.146. The van der Waals surface area contributed by atoms with Crippen LogP contribution in [0.4, 0.5) is 5.95 Å². The summed E-state index contributed by atoms with van der Waals surface area (Å²) in [5, 5.41) is 9.32. The van der Waals surface area contributed by atoms with Crippen molar-refractivity contribution in [3.63, 3.8) is 0 Å². The molecule has 0 spiro atoms. The Morgan fingerprint density at radius 2 is 1.94 bits per heavy atom. The molecule has 0 saturated heterocycles. The summed E-state index contributed by atoms with van der Waals surface area (Å²) < 4.78 is 7.76. The molecular formula is C26H27ClN4O2S. The highest BCUT2D eigenvalue weighted by Gasteiger charge is 2.36. The number of carbonyl (C=O) groups excluding carboxylic acids is 1. The van der Waals surface area contributed by atoms with Crippen LogP contribution in [-0.2, 0) is 15.3 Å². The van der Waals surface area contributed by atoms with Crippen LogP contribution in [0, 0.1) is 0 Å². The van der Waals surface area contributed by atoms with Crippen LogP contribution >= 0.6 is 23.4 Å². The van der Waals surface area contributed by atoms with E-state index in [9.17, 15) is 4.79 Å². The molecule has 34 heavy (non-hydrogen) atoms. The number of nitrogens with zero attached hydrogens (tertiary/aromatic N) is 3. The number of nitrogens with one attached hydrogen (secondary N) is 1. The molecule has 8 heteroatoms. The molecule has 6 nitrogen and oxygen atoms in total. The smallest absolute Gasteiger partial charge is 0.338 e. The molecule has 1 atom stereocenters. The van der Waals surface area contributed by atoms with Gasteiger partial charge in [-0.3, -0.25) is 0 Å². The van der Waals surface area contributed by atoms with Crippen LogP contribution in [0.2, 0.25) is 5.02 Å². The van der Waals surface area contributed by atoms with Crippen molar-refractivity contribution in [3.8, 4) is 0 Å².